The average Bonchev–Trinajstić information content (AvgIpc) is 3.13. The molecule has 1 aromatic heterocycles. The van der Waals surface area contributed by atoms with Crippen LogP contribution in [0.25, 0.3) is 11.3 Å². The molecule has 0 radical (unpaired) electrons. The van der Waals surface area contributed by atoms with Crippen molar-refractivity contribution in [1.82, 2.24) is 19.7 Å². The van der Waals surface area contributed by atoms with E-state index in [1.165, 1.54) is 12.1 Å². The Bertz CT molecular complexity index is 1410. The van der Waals surface area contributed by atoms with Crippen LogP contribution in [0.5, 0.6) is 5.75 Å². The first-order valence-electron chi connectivity index (χ1n) is 14.3. The van der Waals surface area contributed by atoms with Crippen molar-refractivity contribution < 1.29 is 18.7 Å². The number of halogens is 2. The number of hydrogen-bond donors (Lipinski definition) is 0. The molecule has 0 bridgehead atoms. The number of fused-ring (bicyclic) bond motifs is 2. The highest BCUT2D eigenvalue weighted by atomic mass is 35.5. The van der Waals surface area contributed by atoms with Crippen molar-refractivity contribution >= 4 is 29.2 Å². The number of anilines is 1. The number of carbonyl (C=O) groups excluding carboxylic acids is 2. The lowest BCUT2D eigenvalue weighted by Gasteiger charge is -2.40. The topological polar surface area (TPSA) is 69.2 Å². The number of ether oxygens (including phenoxy) is 1. The number of aromatic nitrogens is 1. The summed E-state index contributed by atoms with van der Waals surface area (Å²) in [5, 5.41) is 0.118. The summed E-state index contributed by atoms with van der Waals surface area (Å²) >= 11 is 6.95. The molecule has 8 nitrogen and oxygen atoms in total. The van der Waals surface area contributed by atoms with Gasteiger partial charge in [-0.05, 0) is 76.9 Å². The lowest BCUT2D eigenvalue weighted by atomic mass is 9.74. The second-order valence-corrected chi connectivity index (χ2v) is 13.0. The Kier molecular flexibility index (Phi) is 7.01. The first kappa shape index (κ1) is 28.0. The number of pyridine rings is 1. The van der Waals surface area contributed by atoms with E-state index in [0.29, 0.717) is 31.0 Å². The Morgan fingerprint density at radius 1 is 1.20 bits per heavy atom. The maximum atomic E-state index is 15.1. The van der Waals surface area contributed by atoms with Crippen LogP contribution in [0.15, 0.2) is 36.9 Å². The Hall–Kier alpha value is -3.17. The van der Waals surface area contributed by atoms with Crippen LogP contribution < -0.4 is 9.64 Å². The third-order valence-corrected chi connectivity index (χ3v) is 9.75. The molecule has 1 spiro atoms. The Labute approximate surface area is 245 Å². The number of hydrogen-bond acceptors (Lipinski definition) is 6. The molecule has 4 aliphatic rings. The van der Waals surface area contributed by atoms with Crippen LogP contribution in [0.3, 0.4) is 0 Å². The number of rotatable bonds is 3. The van der Waals surface area contributed by atoms with E-state index in [1.807, 2.05) is 0 Å². The van der Waals surface area contributed by atoms with Crippen molar-refractivity contribution in [1.29, 1.82) is 0 Å². The van der Waals surface area contributed by atoms with Gasteiger partial charge in [-0.3, -0.25) is 9.59 Å². The molecule has 5 heterocycles. The van der Waals surface area contributed by atoms with Gasteiger partial charge in [0.05, 0.1) is 11.7 Å². The standard InChI is InChI=1S/C31H37ClFN5O3/c1-5-23(39)36-14-15-37-20(16-36)17-41-27-24(29(37)40)28(34-26(25(27)32)21-8-6-7-9-22(21)33)38-19-31(18-30(38,2)3)10-12-35(4)13-11-31/h5-9,20H,1,10-19H2,2-4H3. The monoisotopic (exact) mass is 581 g/mol. The van der Waals surface area contributed by atoms with Gasteiger partial charge in [0.1, 0.15) is 28.8 Å². The highest BCUT2D eigenvalue weighted by molar-refractivity contribution is 6.35. The summed E-state index contributed by atoms with van der Waals surface area (Å²) in [6.07, 6.45) is 4.37. The van der Waals surface area contributed by atoms with Crippen molar-refractivity contribution in [3.8, 4) is 17.0 Å². The molecule has 41 heavy (non-hydrogen) atoms. The molecule has 0 N–H and O–H groups in total. The van der Waals surface area contributed by atoms with Crippen molar-refractivity contribution in [2.75, 3.05) is 57.8 Å². The van der Waals surface area contributed by atoms with Gasteiger partial charge in [-0.15, -0.1) is 0 Å². The lowest BCUT2D eigenvalue weighted by molar-refractivity contribution is -0.128. The van der Waals surface area contributed by atoms with E-state index in [2.05, 4.69) is 37.3 Å². The summed E-state index contributed by atoms with van der Waals surface area (Å²) in [6, 6.07) is 6.03. The fourth-order valence-electron chi connectivity index (χ4n) is 7.21. The fraction of sp³-hybridized carbons (Fsp3) is 0.516. The largest absolute Gasteiger partial charge is 0.489 e. The van der Waals surface area contributed by atoms with Crippen molar-refractivity contribution in [3.05, 3.63) is 53.3 Å². The van der Waals surface area contributed by atoms with Crippen molar-refractivity contribution in [2.24, 2.45) is 5.41 Å². The van der Waals surface area contributed by atoms with Gasteiger partial charge in [-0.1, -0.05) is 30.3 Å². The molecule has 1 aromatic carbocycles. The number of benzene rings is 1. The molecule has 0 saturated carbocycles. The number of piperidine rings is 1. The van der Waals surface area contributed by atoms with Crippen LogP contribution in [0.1, 0.15) is 43.5 Å². The van der Waals surface area contributed by atoms with Crippen molar-refractivity contribution in [3.63, 3.8) is 0 Å². The second-order valence-electron chi connectivity index (χ2n) is 12.6. The van der Waals surface area contributed by atoms with Crippen LogP contribution in [0.2, 0.25) is 5.02 Å². The number of likely N-dealkylation sites (tertiary alicyclic amines) is 1. The SMILES string of the molecule is C=CC(=O)N1CCN2C(=O)c3c(N4CC5(CCN(C)CC5)CC4(C)C)nc(-c4ccccc4F)c(Cl)c3OCC2C1. The minimum absolute atomic E-state index is 0.0935. The maximum Gasteiger partial charge on any atom is 0.261 e. The first-order chi connectivity index (χ1) is 19.5. The molecule has 6 rings (SSSR count). The van der Waals surface area contributed by atoms with E-state index in [4.69, 9.17) is 21.3 Å². The molecule has 3 fully saturated rings. The number of carbonyl (C=O) groups is 2. The number of piperazine rings is 1. The molecular weight excluding hydrogens is 545 g/mol. The highest BCUT2D eigenvalue weighted by Crippen LogP contribution is 2.52. The predicted octanol–water partition coefficient (Wildman–Crippen LogP) is 4.47. The Morgan fingerprint density at radius 2 is 1.93 bits per heavy atom. The van der Waals surface area contributed by atoms with Crippen LogP contribution in [0.4, 0.5) is 10.2 Å². The zero-order valence-electron chi connectivity index (χ0n) is 24.0. The second kappa shape index (κ2) is 10.3. The number of nitrogens with zero attached hydrogens (tertiary/aromatic N) is 5. The maximum absolute atomic E-state index is 15.1. The van der Waals surface area contributed by atoms with E-state index in [-0.39, 0.29) is 57.4 Å². The molecule has 0 aliphatic carbocycles. The summed E-state index contributed by atoms with van der Waals surface area (Å²) in [6.45, 7) is 12.0. The van der Waals surface area contributed by atoms with Crippen LogP contribution >= 0.6 is 11.6 Å². The van der Waals surface area contributed by atoms with Gasteiger partial charge in [-0.25, -0.2) is 9.37 Å². The Balaban J connectivity index is 1.49. The molecule has 3 saturated heterocycles. The normalized spacial score (nSPS) is 23.6. The summed E-state index contributed by atoms with van der Waals surface area (Å²) < 4.78 is 21.5. The first-order valence-corrected chi connectivity index (χ1v) is 14.7. The highest BCUT2D eigenvalue weighted by Gasteiger charge is 2.51. The summed E-state index contributed by atoms with van der Waals surface area (Å²) in [5.74, 6) is -0.132. The van der Waals surface area contributed by atoms with Gasteiger partial charge in [0.25, 0.3) is 5.91 Å². The minimum atomic E-state index is -0.448. The summed E-state index contributed by atoms with van der Waals surface area (Å²) in [4.78, 5) is 39.8. The average molecular weight is 582 g/mol. The van der Waals surface area contributed by atoms with E-state index >= 15 is 4.39 Å². The van der Waals surface area contributed by atoms with Gasteiger partial charge >= 0.3 is 0 Å². The smallest absolute Gasteiger partial charge is 0.261 e. The zero-order valence-corrected chi connectivity index (χ0v) is 24.7. The fourth-order valence-corrected chi connectivity index (χ4v) is 7.50. The Morgan fingerprint density at radius 3 is 2.63 bits per heavy atom. The quantitative estimate of drug-likeness (QED) is 0.498. The van der Waals surface area contributed by atoms with E-state index < -0.39 is 5.82 Å². The molecule has 1 atom stereocenters. The van der Waals surface area contributed by atoms with E-state index in [1.54, 1.807) is 28.0 Å². The van der Waals surface area contributed by atoms with Gasteiger partial charge in [0, 0.05) is 37.3 Å². The van der Waals surface area contributed by atoms with E-state index in [0.717, 1.165) is 38.9 Å². The molecule has 10 heteroatoms. The molecule has 2 amide bonds. The molecule has 2 aromatic rings. The van der Waals surface area contributed by atoms with Crippen molar-refractivity contribution in [2.45, 2.75) is 44.7 Å². The molecule has 4 aliphatic heterocycles. The third kappa shape index (κ3) is 4.77. The van der Waals surface area contributed by atoms with Crippen LogP contribution in [-0.2, 0) is 4.79 Å². The molecule has 1 unspecified atom stereocenters. The van der Waals surface area contributed by atoms with Gasteiger partial charge < -0.3 is 24.3 Å². The molecular formula is C31H37ClFN5O3. The van der Waals surface area contributed by atoms with E-state index in [9.17, 15) is 9.59 Å². The van der Waals surface area contributed by atoms with Gasteiger partial charge in [0.2, 0.25) is 5.91 Å². The van der Waals surface area contributed by atoms with Crippen LogP contribution in [-0.4, -0.2) is 96.0 Å². The zero-order chi connectivity index (χ0) is 29.1. The lowest BCUT2D eigenvalue weighted by Crippen LogP contribution is -2.57. The van der Waals surface area contributed by atoms with Crippen LogP contribution in [0, 0.1) is 11.2 Å². The predicted molar refractivity (Wildman–Crippen MR) is 157 cm³/mol. The molecule has 218 valence electrons. The van der Waals surface area contributed by atoms with Gasteiger partial charge in [-0.2, -0.15) is 0 Å². The third-order valence-electron chi connectivity index (χ3n) is 9.40. The summed E-state index contributed by atoms with van der Waals surface area (Å²) in [5.41, 5.74) is 0.621. The number of amides is 2. The summed E-state index contributed by atoms with van der Waals surface area (Å²) in [7, 11) is 2.15. The minimum Gasteiger partial charge on any atom is -0.489 e. The van der Waals surface area contributed by atoms with Gasteiger partial charge in [0.15, 0.2) is 5.75 Å².